The lowest BCUT2D eigenvalue weighted by molar-refractivity contribution is -0.136. The van der Waals surface area contributed by atoms with Crippen LogP contribution >= 0.6 is 0 Å². The van der Waals surface area contributed by atoms with Gasteiger partial charge >= 0.3 is 11.8 Å². The number of carbonyl (C=O) groups excluding carboxylic acids is 2. The monoisotopic (exact) mass is 311 g/mol. The molecule has 0 aliphatic carbocycles. The van der Waals surface area contributed by atoms with Gasteiger partial charge in [-0.05, 0) is 31.2 Å². The molecule has 2 N–H and O–H groups in total. The zero-order valence-corrected chi connectivity index (χ0v) is 12.9. The summed E-state index contributed by atoms with van der Waals surface area (Å²) in [6.45, 7) is 1.94. The number of para-hydroxylation sites is 1. The third-order valence-electron chi connectivity index (χ3n) is 3.02. The maximum Gasteiger partial charge on any atom is 0.329 e. The summed E-state index contributed by atoms with van der Waals surface area (Å²) < 4.78 is 5.16. The summed E-state index contributed by atoms with van der Waals surface area (Å²) in [4.78, 5) is 23.4. The van der Waals surface area contributed by atoms with E-state index >= 15 is 0 Å². The van der Waals surface area contributed by atoms with Crippen LogP contribution in [0.4, 0.5) is 5.69 Å². The van der Waals surface area contributed by atoms with Crippen molar-refractivity contribution in [3.05, 3.63) is 59.7 Å². The van der Waals surface area contributed by atoms with Gasteiger partial charge in [-0.25, -0.2) is 5.43 Å². The maximum atomic E-state index is 11.7. The molecule has 0 aliphatic heterocycles. The quantitative estimate of drug-likeness (QED) is 0.515. The molecule has 2 rings (SSSR count). The molecule has 0 atom stereocenters. The van der Waals surface area contributed by atoms with Gasteiger partial charge in [0.15, 0.2) is 0 Å². The average Bonchev–Trinajstić information content (AvgIpc) is 2.57. The minimum absolute atomic E-state index is 0.546. The number of hydrogen-bond acceptors (Lipinski definition) is 4. The summed E-state index contributed by atoms with van der Waals surface area (Å²) in [5, 5.41) is 6.25. The Morgan fingerprint density at radius 3 is 2.43 bits per heavy atom. The van der Waals surface area contributed by atoms with Crippen LogP contribution in [0, 0.1) is 6.92 Å². The Morgan fingerprint density at radius 2 is 1.74 bits per heavy atom. The van der Waals surface area contributed by atoms with Gasteiger partial charge in [-0.3, -0.25) is 9.59 Å². The first-order valence-corrected chi connectivity index (χ1v) is 6.94. The number of anilines is 1. The van der Waals surface area contributed by atoms with E-state index in [1.54, 1.807) is 31.4 Å². The van der Waals surface area contributed by atoms with Crippen molar-refractivity contribution < 1.29 is 14.3 Å². The first kappa shape index (κ1) is 16.2. The third kappa shape index (κ3) is 4.67. The minimum Gasteiger partial charge on any atom is -0.496 e. The Hall–Kier alpha value is -3.15. The molecular weight excluding hydrogens is 294 g/mol. The summed E-state index contributed by atoms with van der Waals surface area (Å²) >= 11 is 0. The van der Waals surface area contributed by atoms with Crippen molar-refractivity contribution in [2.75, 3.05) is 12.4 Å². The molecule has 2 aromatic carbocycles. The standard InChI is InChI=1S/C17H17N3O3/c1-12-7-9-14(10-8-12)19-16(21)17(22)20-18-11-13-5-3-4-6-15(13)23-2/h3-11H,1-2H3,(H,19,21)(H,20,22). The zero-order valence-electron chi connectivity index (χ0n) is 12.9. The number of aryl methyl sites for hydroxylation is 1. The number of hydrogen-bond donors (Lipinski definition) is 2. The van der Waals surface area contributed by atoms with Crippen molar-refractivity contribution in [1.29, 1.82) is 0 Å². The number of benzene rings is 2. The lowest BCUT2D eigenvalue weighted by Crippen LogP contribution is -2.32. The fraction of sp³-hybridized carbons (Fsp3) is 0.118. The number of nitrogens with one attached hydrogen (secondary N) is 2. The predicted molar refractivity (Wildman–Crippen MR) is 88.5 cm³/mol. The molecule has 0 radical (unpaired) electrons. The van der Waals surface area contributed by atoms with Gasteiger partial charge in [-0.2, -0.15) is 5.10 Å². The van der Waals surface area contributed by atoms with Crippen molar-refractivity contribution in [2.24, 2.45) is 5.10 Å². The van der Waals surface area contributed by atoms with E-state index in [2.05, 4.69) is 15.8 Å². The van der Waals surface area contributed by atoms with Crippen LogP contribution in [0.2, 0.25) is 0 Å². The smallest absolute Gasteiger partial charge is 0.329 e. The SMILES string of the molecule is COc1ccccc1C=NNC(=O)C(=O)Nc1ccc(C)cc1. The molecule has 0 aromatic heterocycles. The van der Waals surface area contributed by atoms with E-state index in [4.69, 9.17) is 4.74 Å². The molecule has 2 aromatic rings. The molecule has 0 unspecified atom stereocenters. The highest BCUT2D eigenvalue weighted by Crippen LogP contribution is 2.14. The van der Waals surface area contributed by atoms with Crippen molar-refractivity contribution in [2.45, 2.75) is 6.92 Å². The van der Waals surface area contributed by atoms with E-state index in [1.807, 2.05) is 31.2 Å². The fourth-order valence-electron chi connectivity index (χ4n) is 1.81. The summed E-state index contributed by atoms with van der Waals surface area (Å²) in [5.41, 5.74) is 4.48. The highest BCUT2D eigenvalue weighted by atomic mass is 16.5. The molecule has 6 nitrogen and oxygen atoms in total. The van der Waals surface area contributed by atoms with Crippen molar-refractivity contribution >= 4 is 23.7 Å². The first-order chi connectivity index (χ1) is 11.1. The molecule has 0 heterocycles. The number of hydrazone groups is 1. The van der Waals surface area contributed by atoms with Gasteiger partial charge in [0.1, 0.15) is 5.75 Å². The second-order valence-electron chi connectivity index (χ2n) is 4.76. The summed E-state index contributed by atoms with van der Waals surface area (Å²) in [6.07, 6.45) is 1.41. The highest BCUT2D eigenvalue weighted by Gasteiger charge is 2.12. The molecule has 0 fully saturated rings. The highest BCUT2D eigenvalue weighted by molar-refractivity contribution is 6.39. The Balaban J connectivity index is 1.92. The van der Waals surface area contributed by atoms with Crippen LogP contribution in [0.5, 0.6) is 5.75 Å². The predicted octanol–water partition coefficient (Wildman–Crippen LogP) is 2.09. The van der Waals surface area contributed by atoms with Crippen LogP contribution in [-0.2, 0) is 9.59 Å². The number of carbonyl (C=O) groups is 2. The van der Waals surface area contributed by atoms with Crippen LogP contribution in [-0.4, -0.2) is 25.1 Å². The van der Waals surface area contributed by atoms with Gasteiger partial charge in [0.05, 0.1) is 13.3 Å². The summed E-state index contributed by atoms with van der Waals surface area (Å²) in [5.74, 6) is -1.02. The molecule has 2 amide bonds. The van der Waals surface area contributed by atoms with E-state index in [0.717, 1.165) is 5.56 Å². The van der Waals surface area contributed by atoms with Crippen molar-refractivity contribution in [3.63, 3.8) is 0 Å². The average molecular weight is 311 g/mol. The van der Waals surface area contributed by atoms with E-state index in [1.165, 1.54) is 6.21 Å². The van der Waals surface area contributed by atoms with E-state index in [0.29, 0.717) is 17.0 Å². The molecule has 0 saturated heterocycles. The molecular formula is C17H17N3O3. The molecule has 118 valence electrons. The van der Waals surface area contributed by atoms with Crippen molar-refractivity contribution in [1.82, 2.24) is 5.43 Å². The molecule has 0 aliphatic rings. The number of amides is 2. The van der Waals surface area contributed by atoms with E-state index in [9.17, 15) is 9.59 Å². The molecule has 23 heavy (non-hydrogen) atoms. The van der Waals surface area contributed by atoms with Gasteiger partial charge in [0, 0.05) is 11.3 Å². The second kappa shape index (κ2) is 7.74. The fourth-order valence-corrected chi connectivity index (χ4v) is 1.81. The van der Waals surface area contributed by atoms with Gasteiger partial charge in [0.2, 0.25) is 0 Å². The van der Waals surface area contributed by atoms with Crippen LogP contribution in [0.25, 0.3) is 0 Å². The lowest BCUT2D eigenvalue weighted by atomic mass is 10.2. The molecule has 6 heteroatoms. The topological polar surface area (TPSA) is 79.8 Å². The number of rotatable bonds is 4. The van der Waals surface area contributed by atoms with Gasteiger partial charge in [-0.1, -0.05) is 29.8 Å². The summed E-state index contributed by atoms with van der Waals surface area (Å²) in [7, 11) is 1.54. The van der Waals surface area contributed by atoms with E-state index in [-0.39, 0.29) is 0 Å². The van der Waals surface area contributed by atoms with Crippen LogP contribution < -0.4 is 15.5 Å². The Bertz CT molecular complexity index is 724. The lowest BCUT2D eigenvalue weighted by Gasteiger charge is -2.05. The number of ether oxygens (including phenoxy) is 1. The number of nitrogens with zero attached hydrogens (tertiary/aromatic N) is 1. The van der Waals surface area contributed by atoms with E-state index < -0.39 is 11.8 Å². The third-order valence-corrected chi connectivity index (χ3v) is 3.02. The first-order valence-electron chi connectivity index (χ1n) is 6.94. The zero-order chi connectivity index (χ0) is 16.7. The summed E-state index contributed by atoms with van der Waals surface area (Å²) in [6, 6.07) is 14.3. The Morgan fingerprint density at radius 1 is 1.04 bits per heavy atom. The van der Waals surface area contributed by atoms with Gasteiger partial charge < -0.3 is 10.1 Å². The normalized spacial score (nSPS) is 10.3. The Labute approximate surface area is 134 Å². The maximum absolute atomic E-state index is 11.7. The molecule has 0 saturated carbocycles. The minimum atomic E-state index is -0.850. The van der Waals surface area contributed by atoms with Crippen LogP contribution in [0.15, 0.2) is 53.6 Å². The largest absolute Gasteiger partial charge is 0.496 e. The van der Waals surface area contributed by atoms with Crippen LogP contribution in [0.3, 0.4) is 0 Å². The van der Waals surface area contributed by atoms with Crippen molar-refractivity contribution in [3.8, 4) is 5.75 Å². The Kier molecular flexibility index (Phi) is 5.46. The van der Waals surface area contributed by atoms with Gasteiger partial charge in [-0.15, -0.1) is 0 Å². The van der Waals surface area contributed by atoms with Gasteiger partial charge in [0.25, 0.3) is 0 Å². The molecule has 0 bridgehead atoms. The number of methoxy groups -OCH3 is 1. The van der Waals surface area contributed by atoms with Crippen LogP contribution in [0.1, 0.15) is 11.1 Å². The molecule has 0 spiro atoms. The second-order valence-corrected chi connectivity index (χ2v) is 4.76.